The van der Waals surface area contributed by atoms with Gasteiger partial charge in [0.2, 0.25) is 0 Å². The van der Waals surface area contributed by atoms with E-state index in [1.165, 1.54) is 6.07 Å². The lowest BCUT2D eigenvalue weighted by Gasteiger charge is -2.41. The van der Waals surface area contributed by atoms with Crippen molar-refractivity contribution in [3.63, 3.8) is 0 Å². The van der Waals surface area contributed by atoms with Crippen LogP contribution < -0.4 is 10.6 Å². The normalized spacial score (nSPS) is 19.6. The summed E-state index contributed by atoms with van der Waals surface area (Å²) in [5, 5.41) is 4.09. The molecule has 1 unspecified atom stereocenters. The average molecular weight is 483 g/mol. The number of hydrogen-bond acceptors (Lipinski definition) is 4. The number of carbonyl (C=O) groups is 1. The van der Waals surface area contributed by atoms with Crippen LogP contribution >= 0.6 is 11.3 Å². The summed E-state index contributed by atoms with van der Waals surface area (Å²) in [4.78, 5) is 19.3. The van der Waals surface area contributed by atoms with E-state index in [4.69, 9.17) is 0 Å². The molecule has 1 fully saturated rings. The third-order valence-corrected chi connectivity index (χ3v) is 7.65. The molecule has 1 saturated heterocycles. The molecule has 2 N–H and O–H groups in total. The predicted octanol–water partition coefficient (Wildman–Crippen LogP) is 5.45. The molecule has 9 heteroatoms. The minimum Gasteiger partial charge on any atom is -0.338 e. The Balaban J connectivity index is 1.85. The molecule has 0 aromatic carbocycles. The molecule has 182 valence electrons. The summed E-state index contributed by atoms with van der Waals surface area (Å²) in [7, 11) is 0. The van der Waals surface area contributed by atoms with Crippen molar-refractivity contribution < 1.29 is 18.0 Å². The number of hydrogen-bond donors (Lipinski definition) is 2. The number of thiophene rings is 1. The monoisotopic (exact) mass is 482 g/mol. The first kappa shape index (κ1) is 25.5. The van der Waals surface area contributed by atoms with Gasteiger partial charge in [-0.15, -0.1) is 11.3 Å². The van der Waals surface area contributed by atoms with Crippen molar-refractivity contribution in [2.24, 2.45) is 5.41 Å². The Morgan fingerprint density at radius 2 is 2.03 bits per heavy atom. The van der Waals surface area contributed by atoms with Crippen LogP contribution in [-0.4, -0.2) is 41.6 Å². The summed E-state index contributed by atoms with van der Waals surface area (Å²) in [6.07, 6.45) is 3.11. The second kappa shape index (κ2) is 10.0. The van der Waals surface area contributed by atoms with Crippen LogP contribution in [0.4, 0.5) is 18.0 Å². The molecular formula is C24H33F3N4OS. The van der Waals surface area contributed by atoms with E-state index >= 15 is 8.78 Å². The molecule has 2 aromatic rings. The van der Waals surface area contributed by atoms with Gasteiger partial charge in [0.25, 0.3) is 0 Å². The second-order valence-electron chi connectivity index (χ2n) is 9.36. The Bertz CT molecular complexity index is 947. The fourth-order valence-electron chi connectivity index (χ4n) is 4.39. The van der Waals surface area contributed by atoms with Crippen LogP contribution in [0.3, 0.4) is 0 Å². The number of pyridine rings is 1. The minimum absolute atomic E-state index is 0.1000. The summed E-state index contributed by atoms with van der Waals surface area (Å²) in [6.45, 7) is 8.64. The average Bonchev–Trinajstić information content (AvgIpc) is 3.38. The number of nitrogens with zero attached hydrogens (tertiary/aromatic N) is 2. The third kappa shape index (κ3) is 5.69. The first-order valence-corrected chi connectivity index (χ1v) is 12.2. The van der Waals surface area contributed by atoms with Crippen LogP contribution in [0.15, 0.2) is 30.5 Å². The highest BCUT2D eigenvalue weighted by atomic mass is 32.1. The predicted molar refractivity (Wildman–Crippen MR) is 125 cm³/mol. The summed E-state index contributed by atoms with van der Waals surface area (Å²) < 4.78 is 44.9. The molecule has 0 saturated carbocycles. The van der Waals surface area contributed by atoms with Crippen molar-refractivity contribution in [2.45, 2.75) is 65.0 Å². The summed E-state index contributed by atoms with van der Waals surface area (Å²) in [5.74, 6) is 0. The zero-order valence-corrected chi connectivity index (χ0v) is 20.5. The molecule has 0 bridgehead atoms. The zero-order valence-electron chi connectivity index (χ0n) is 19.7. The van der Waals surface area contributed by atoms with Gasteiger partial charge in [-0.05, 0) is 76.8 Å². The maximum absolute atomic E-state index is 15.7. The Morgan fingerprint density at radius 1 is 1.27 bits per heavy atom. The quantitative estimate of drug-likeness (QED) is 0.467. The highest BCUT2D eigenvalue weighted by Crippen LogP contribution is 2.49. The number of rotatable bonds is 9. The fourth-order valence-corrected chi connectivity index (χ4v) is 5.11. The molecule has 3 rings (SSSR count). The Morgan fingerprint density at radius 3 is 2.64 bits per heavy atom. The molecule has 2 aromatic heterocycles. The van der Waals surface area contributed by atoms with Crippen molar-refractivity contribution in [3.05, 3.63) is 51.7 Å². The van der Waals surface area contributed by atoms with Gasteiger partial charge in [0.05, 0.1) is 5.41 Å². The van der Waals surface area contributed by atoms with Gasteiger partial charge in [-0.3, -0.25) is 15.2 Å². The number of likely N-dealkylation sites (tertiary alicyclic amines) is 1. The number of aromatic nitrogens is 1. The van der Waals surface area contributed by atoms with Crippen LogP contribution in [0.1, 0.15) is 56.2 Å². The summed E-state index contributed by atoms with van der Waals surface area (Å²) in [5.41, 5.74) is -0.159. The van der Waals surface area contributed by atoms with Crippen molar-refractivity contribution in [1.82, 2.24) is 20.5 Å². The third-order valence-electron chi connectivity index (χ3n) is 6.71. The van der Waals surface area contributed by atoms with Gasteiger partial charge in [-0.2, -0.15) is 13.2 Å². The van der Waals surface area contributed by atoms with Crippen LogP contribution in [0.2, 0.25) is 0 Å². The number of aryl methyl sites for hydroxylation is 2. The van der Waals surface area contributed by atoms with Gasteiger partial charge in [0.15, 0.2) is 5.13 Å². The number of amides is 2. The first-order valence-electron chi connectivity index (χ1n) is 11.4. The molecule has 0 radical (unpaired) electrons. The molecule has 1 atom stereocenters. The molecule has 1 aliphatic rings. The van der Waals surface area contributed by atoms with Crippen LogP contribution in [0.25, 0.3) is 0 Å². The number of carbonyl (C=O) groups excluding carboxylic acids is 1. The number of urea groups is 1. The van der Waals surface area contributed by atoms with Crippen molar-refractivity contribution in [2.75, 3.05) is 19.6 Å². The highest BCUT2D eigenvalue weighted by Gasteiger charge is 2.59. The first-order chi connectivity index (χ1) is 15.5. The van der Waals surface area contributed by atoms with E-state index in [-0.39, 0.29) is 24.5 Å². The molecule has 0 aliphatic carbocycles. The van der Waals surface area contributed by atoms with E-state index < -0.39 is 23.0 Å². The molecule has 33 heavy (non-hydrogen) atoms. The molecule has 3 heterocycles. The van der Waals surface area contributed by atoms with E-state index in [0.717, 1.165) is 27.5 Å². The van der Waals surface area contributed by atoms with Gasteiger partial charge >= 0.3 is 12.1 Å². The smallest absolute Gasteiger partial charge is 0.333 e. The van der Waals surface area contributed by atoms with Gasteiger partial charge in [-0.25, -0.2) is 4.79 Å². The lowest BCUT2D eigenvalue weighted by atomic mass is 9.79. The lowest BCUT2D eigenvalue weighted by Crippen LogP contribution is -2.58. The number of halogens is 3. The number of alkyl halides is 2. The maximum Gasteiger partial charge on any atom is 0.333 e. The fraction of sp³-hybridized carbons (Fsp3) is 0.583. The molecule has 2 amide bonds. The van der Waals surface area contributed by atoms with Gasteiger partial charge in [0, 0.05) is 35.4 Å². The van der Waals surface area contributed by atoms with Gasteiger partial charge < -0.3 is 5.32 Å². The summed E-state index contributed by atoms with van der Waals surface area (Å²) in [6, 6.07) is 2.59. The van der Waals surface area contributed by atoms with Crippen LogP contribution in [0.5, 0.6) is 0 Å². The molecule has 1 aliphatic heterocycles. The van der Waals surface area contributed by atoms with Crippen molar-refractivity contribution in [1.29, 1.82) is 0 Å². The Hall–Kier alpha value is -2.13. The van der Waals surface area contributed by atoms with E-state index in [0.29, 0.717) is 25.9 Å². The van der Waals surface area contributed by atoms with Gasteiger partial charge in [0.1, 0.15) is 0 Å². The number of nitrogens with one attached hydrogen (secondary N) is 2. The standard InChI is InChI=1S/C24H33F3N4OS/c1-5-13-28-21(32)30-24(26,27)23(11-10-19-8-9-20(25)33-19)12-14-31(16-23)22(3,4)18-7-6-17(2)29-15-18/h6-9,15H,5,10-14,16H2,1-4H3,(H2,28,30,32). The highest BCUT2D eigenvalue weighted by molar-refractivity contribution is 7.10. The topological polar surface area (TPSA) is 57.3 Å². The van der Waals surface area contributed by atoms with Crippen molar-refractivity contribution in [3.8, 4) is 0 Å². The molecule has 5 nitrogen and oxygen atoms in total. The largest absolute Gasteiger partial charge is 0.338 e. The minimum atomic E-state index is -3.43. The van der Waals surface area contributed by atoms with E-state index in [1.807, 2.05) is 50.0 Å². The molecular weight excluding hydrogens is 449 g/mol. The SMILES string of the molecule is CCCNC(=O)NC(F)(F)C1(CCc2ccc(F)s2)CCN(C(C)(C)c2ccc(C)nc2)C1. The van der Waals surface area contributed by atoms with Crippen molar-refractivity contribution >= 4 is 17.4 Å². The van der Waals surface area contributed by atoms with E-state index in [9.17, 15) is 9.18 Å². The van der Waals surface area contributed by atoms with Gasteiger partial charge in [-0.1, -0.05) is 13.0 Å². The Labute approximate surface area is 197 Å². The summed E-state index contributed by atoms with van der Waals surface area (Å²) >= 11 is 0.977. The maximum atomic E-state index is 15.7. The molecule has 0 spiro atoms. The lowest BCUT2D eigenvalue weighted by molar-refractivity contribution is -0.139. The van der Waals surface area contributed by atoms with E-state index in [1.54, 1.807) is 12.3 Å². The second-order valence-corrected chi connectivity index (χ2v) is 10.5. The van der Waals surface area contributed by atoms with Crippen LogP contribution in [0, 0.1) is 17.5 Å². The zero-order chi connectivity index (χ0) is 24.3. The van der Waals surface area contributed by atoms with E-state index in [2.05, 4.69) is 10.3 Å². The Kier molecular flexibility index (Phi) is 7.73. The van der Waals surface area contributed by atoms with Crippen LogP contribution in [-0.2, 0) is 12.0 Å².